The smallest absolute Gasteiger partial charge is 0.252 e. The first-order valence-corrected chi connectivity index (χ1v) is 6.97. The number of hydrogen-bond acceptors (Lipinski definition) is 4. The molecular formula is C14H13BrN4O2. The van der Waals surface area contributed by atoms with Crippen molar-refractivity contribution >= 4 is 27.7 Å². The van der Waals surface area contributed by atoms with Crippen LogP contribution in [0.2, 0.25) is 0 Å². The molecule has 1 atom stereocenters. The number of carbonyl (C=O) groups excluding carboxylic acids is 2. The number of hydrogen-bond donors (Lipinski definition) is 2. The van der Waals surface area contributed by atoms with Gasteiger partial charge in [0.2, 0.25) is 5.91 Å². The zero-order chi connectivity index (χ0) is 15.2. The second-order valence-corrected chi connectivity index (χ2v) is 5.07. The van der Waals surface area contributed by atoms with Gasteiger partial charge < -0.3 is 11.1 Å². The second-order valence-electron chi connectivity index (χ2n) is 4.32. The van der Waals surface area contributed by atoms with Crippen LogP contribution in [-0.2, 0) is 11.2 Å². The Morgan fingerprint density at radius 1 is 1.24 bits per heavy atom. The first-order valence-electron chi connectivity index (χ1n) is 6.17. The number of rotatable bonds is 5. The van der Waals surface area contributed by atoms with Crippen molar-refractivity contribution < 1.29 is 9.59 Å². The molecule has 0 aliphatic rings. The Morgan fingerprint density at radius 3 is 2.57 bits per heavy atom. The molecule has 2 heterocycles. The molecule has 3 N–H and O–H groups in total. The summed E-state index contributed by atoms with van der Waals surface area (Å²) in [5.74, 6) is -0.977. The highest BCUT2D eigenvalue weighted by atomic mass is 79.9. The van der Waals surface area contributed by atoms with Gasteiger partial charge in [-0.25, -0.2) is 4.98 Å². The van der Waals surface area contributed by atoms with Gasteiger partial charge in [0.05, 0.1) is 0 Å². The van der Waals surface area contributed by atoms with Crippen molar-refractivity contribution in [1.82, 2.24) is 15.3 Å². The van der Waals surface area contributed by atoms with Crippen molar-refractivity contribution in [3.8, 4) is 0 Å². The van der Waals surface area contributed by atoms with E-state index in [2.05, 4.69) is 31.2 Å². The number of carbonyl (C=O) groups is 2. The summed E-state index contributed by atoms with van der Waals surface area (Å²) >= 11 is 3.30. The van der Waals surface area contributed by atoms with Crippen LogP contribution in [0.3, 0.4) is 0 Å². The number of pyridine rings is 2. The molecule has 2 aromatic rings. The molecule has 0 aromatic carbocycles. The zero-order valence-electron chi connectivity index (χ0n) is 11.0. The molecule has 108 valence electrons. The van der Waals surface area contributed by atoms with Gasteiger partial charge in [-0.05, 0) is 39.7 Å². The molecule has 0 spiro atoms. The quantitative estimate of drug-likeness (QED) is 0.789. The van der Waals surface area contributed by atoms with Crippen molar-refractivity contribution in [1.29, 1.82) is 0 Å². The molecule has 2 rings (SSSR count). The topological polar surface area (TPSA) is 98.0 Å². The van der Waals surface area contributed by atoms with E-state index in [1.54, 1.807) is 24.4 Å². The summed E-state index contributed by atoms with van der Waals surface area (Å²) in [4.78, 5) is 31.5. The molecule has 0 radical (unpaired) electrons. The summed E-state index contributed by atoms with van der Waals surface area (Å²) in [7, 11) is 0. The normalized spacial score (nSPS) is 11.7. The third-order valence-electron chi connectivity index (χ3n) is 2.85. The summed E-state index contributed by atoms with van der Waals surface area (Å²) in [5, 5.41) is 2.62. The van der Waals surface area contributed by atoms with E-state index in [-0.39, 0.29) is 12.3 Å². The predicted molar refractivity (Wildman–Crippen MR) is 80.3 cm³/mol. The molecule has 0 saturated carbocycles. The Kier molecular flexibility index (Phi) is 4.99. The van der Waals surface area contributed by atoms with Crippen LogP contribution in [0.1, 0.15) is 15.9 Å². The lowest BCUT2D eigenvalue weighted by Gasteiger charge is -2.16. The fourth-order valence-electron chi connectivity index (χ4n) is 1.76. The highest BCUT2D eigenvalue weighted by Gasteiger charge is 2.20. The van der Waals surface area contributed by atoms with E-state index in [1.807, 2.05) is 6.07 Å². The first-order chi connectivity index (χ1) is 10.1. The van der Waals surface area contributed by atoms with Crippen LogP contribution < -0.4 is 11.1 Å². The van der Waals surface area contributed by atoms with Crippen LogP contribution in [0.4, 0.5) is 0 Å². The van der Waals surface area contributed by atoms with E-state index in [1.165, 1.54) is 12.4 Å². The minimum Gasteiger partial charge on any atom is -0.368 e. The van der Waals surface area contributed by atoms with E-state index in [0.717, 1.165) is 5.56 Å². The first kappa shape index (κ1) is 15.1. The Hall–Kier alpha value is -2.28. The van der Waals surface area contributed by atoms with Gasteiger partial charge in [0, 0.05) is 30.6 Å². The molecule has 6 nitrogen and oxygen atoms in total. The number of nitrogens with two attached hydrogens (primary N) is 1. The van der Waals surface area contributed by atoms with E-state index >= 15 is 0 Å². The van der Waals surface area contributed by atoms with Crippen molar-refractivity contribution in [2.45, 2.75) is 12.5 Å². The lowest BCUT2D eigenvalue weighted by molar-refractivity contribution is -0.119. The molecular weight excluding hydrogens is 336 g/mol. The number of halogens is 1. The van der Waals surface area contributed by atoms with Gasteiger partial charge in [0.15, 0.2) is 0 Å². The fourth-order valence-corrected chi connectivity index (χ4v) is 2.17. The number of nitrogens with one attached hydrogen (secondary N) is 1. The zero-order valence-corrected chi connectivity index (χ0v) is 12.6. The number of amides is 2. The summed E-state index contributed by atoms with van der Waals surface area (Å²) in [6.45, 7) is 0. The van der Waals surface area contributed by atoms with E-state index < -0.39 is 11.9 Å². The summed E-state index contributed by atoms with van der Waals surface area (Å²) < 4.78 is 0.620. The van der Waals surface area contributed by atoms with E-state index in [0.29, 0.717) is 10.2 Å². The molecule has 2 aromatic heterocycles. The number of nitrogens with zero attached hydrogens (tertiary/aromatic N) is 2. The molecule has 0 saturated heterocycles. The second kappa shape index (κ2) is 6.94. The standard InChI is InChI=1S/C14H13BrN4O2/c15-12-10(2-1-5-18-12)8-11(13(16)20)19-14(21)9-3-6-17-7-4-9/h1-7,11H,8H2,(H2,16,20)(H,19,21)/t11-/m1/s1. The third kappa shape index (κ3) is 4.09. The lowest BCUT2D eigenvalue weighted by atomic mass is 10.1. The maximum Gasteiger partial charge on any atom is 0.252 e. The third-order valence-corrected chi connectivity index (χ3v) is 3.57. The van der Waals surface area contributed by atoms with Gasteiger partial charge in [-0.3, -0.25) is 14.6 Å². The van der Waals surface area contributed by atoms with Crippen molar-refractivity contribution in [3.63, 3.8) is 0 Å². The van der Waals surface area contributed by atoms with Crippen molar-refractivity contribution in [3.05, 3.63) is 58.6 Å². The molecule has 0 unspecified atom stereocenters. The monoisotopic (exact) mass is 348 g/mol. The van der Waals surface area contributed by atoms with Crippen LogP contribution in [-0.4, -0.2) is 27.8 Å². The predicted octanol–water partition coefficient (Wildman–Crippen LogP) is 1.07. The molecule has 0 bridgehead atoms. The fraction of sp³-hybridized carbons (Fsp3) is 0.143. The average molecular weight is 349 g/mol. The molecule has 0 aliphatic carbocycles. The molecule has 7 heteroatoms. The minimum absolute atomic E-state index is 0.264. The molecule has 0 aliphatic heterocycles. The van der Waals surface area contributed by atoms with Gasteiger partial charge in [0.1, 0.15) is 10.6 Å². The van der Waals surface area contributed by atoms with E-state index in [9.17, 15) is 9.59 Å². The molecule has 21 heavy (non-hydrogen) atoms. The van der Waals surface area contributed by atoms with Crippen molar-refractivity contribution in [2.75, 3.05) is 0 Å². The van der Waals surface area contributed by atoms with Crippen LogP contribution in [0, 0.1) is 0 Å². The highest BCUT2D eigenvalue weighted by Crippen LogP contribution is 2.14. The van der Waals surface area contributed by atoms with Crippen LogP contribution in [0.15, 0.2) is 47.5 Å². The largest absolute Gasteiger partial charge is 0.368 e. The highest BCUT2D eigenvalue weighted by molar-refractivity contribution is 9.10. The number of primary amides is 1. The summed E-state index contributed by atoms with van der Waals surface area (Å²) in [6, 6.07) is 5.88. The van der Waals surface area contributed by atoms with E-state index in [4.69, 9.17) is 5.73 Å². The average Bonchev–Trinajstić information content (AvgIpc) is 2.49. The summed E-state index contributed by atoms with van der Waals surface area (Å²) in [6.07, 6.45) is 4.90. The Balaban J connectivity index is 2.12. The number of aromatic nitrogens is 2. The van der Waals surface area contributed by atoms with Gasteiger partial charge in [-0.1, -0.05) is 6.07 Å². The maximum absolute atomic E-state index is 12.1. The van der Waals surface area contributed by atoms with Crippen LogP contribution in [0.25, 0.3) is 0 Å². The molecule has 0 fully saturated rings. The summed E-state index contributed by atoms with van der Waals surface area (Å²) in [5.41, 5.74) is 6.57. The molecule has 2 amide bonds. The van der Waals surface area contributed by atoms with Crippen LogP contribution in [0.5, 0.6) is 0 Å². The Bertz CT molecular complexity index is 648. The van der Waals surface area contributed by atoms with Gasteiger partial charge in [-0.15, -0.1) is 0 Å². The van der Waals surface area contributed by atoms with Gasteiger partial charge in [-0.2, -0.15) is 0 Å². The van der Waals surface area contributed by atoms with Gasteiger partial charge >= 0.3 is 0 Å². The SMILES string of the molecule is NC(=O)[C@@H](Cc1cccnc1Br)NC(=O)c1ccncc1. The Labute approximate surface area is 129 Å². The van der Waals surface area contributed by atoms with Crippen molar-refractivity contribution in [2.24, 2.45) is 5.73 Å². The maximum atomic E-state index is 12.1. The lowest BCUT2D eigenvalue weighted by Crippen LogP contribution is -2.45. The minimum atomic E-state index is -0.814. The Morgan fingerprint density at radius 2 is 1.95 bits per heavy atom. The van der Waals surface area contributed by atoms with Crippen LogP contribution >= 0.6 is 15.9 Å². The van der Waals surface area contributed by atoms with Gasteiger partial charge in [0.25, 0.3) is 5.91 Å².